The van der Waals surface area contributed by atoms with Gasteiger partial charge in [0.05, 0.1) is 18.6 Å². The van der Waals surface area contributed by atoms with E-state index in [0.29, 0.717) is 30.3 Å². The molecule has 1 aromatic rings. The summed E-state index contributed by atoms with van der Waals surface area (Å²) in [6, 6.07) is 5.17. The molecule has 2 unspecified atom stereocenters. The Balaban J connectivity index is 2.32. The van der Waals surface area contributed by atoms with Crippen LogP contribution >= 0.6 is 0 Å². The Morgan fingerprint density at radius 2 is 2.00 bits per heavy atom. The summed E-state index contributed by atoms with van der Waals surface area (Å²) in [5, 5.41) is 10.6. The first-order valence-electron chi connectivity index (χ1n) is 6.17. The van der Waals surface area contributed by atoms with Crippen LogP contribution in [0.25, 0.3) is 0 Å². The number of rotatable bonds is 3. The topological polar surface area (TPSA) is 65.0 Å². The van der Waals surface area contributed by atoms with Crippen molar-refractivity contribution in [3.8, 4) is 11.5 Å². The Kier molecular flexibility index (Phi) is 3.66. The fourth-order valence-electron chi connectivity index (χ4n) is 2.01. The van der Waals surface area contributed by atoms with E-state index < -0.39 is 17.5 Å². The smallest absolute Gasteiger partial charge is 0.311 e. The van der Waals surface area contributed by atoms with Crippen LogP contribution in [0.2, 0.25) is 0 Å². The molecule has 2 atom stereocenters. The van der Waals surface area contributed by atoms with Gasteiger partial charge in [-0.3, -0.25) is 4.79 Å². The third-order valence-corrected chi connectivity index (χ3v) is 3.52. The molecule has 1 aliphatic heterocycles. The van der Waals surface area contributed by atoms with Crippen LogP contribution in [0.4, 0.5) is 0 Å². The molecule has 1 aliphatic rings. The van der Waals surface area contributed by atoms with Crippen molar-refractivity contribution in [2.75, 3.05) is 20.3 Å². The molecule has 0 spiro atoms. The monoisotopic (exact) mass is 266 g/mol. The van der Waals surface area contributed by atoms with E-state index in [1.54, 1.807) is 32.0 Å². The molecule has 5 heteroatoms. The zero-order valence-electron chi connectivity index (χ0n) is 11.3. The summed E-state index contributed by atoms with van der Waals surface area (Å²) in [6.07, 6.45) is 0. The maximum absolute atomic E-state index is 11.6. The van der Waals surface area contributed by atoms with Gasteiger partial charge in [0.25, 0.3) is 0 Å². The Morgan fingerprint density at radius 1 is 1.37 bits per heavy atom. The SMILES string of the molecule is COC(=O)C(C)C(C)(O)c1ccc2c(c1)OCCO2. The number of hydrogen-bond acceptors (Lipinski definition) is 5. The third-order valence-electron chi connectivity index (χ3n) is 3.52. The van der Waals surface area contributed by atoms with Gasteiger partial charge in [0, 0.05) is 0 Å². The van der Waals surface area contributed by atoms with Gasteiger partial charge in [-0.05, 0) is 31.5 Å². The van der Waals surface area contributed by atoms with Crippen molar-refractivity contribution in [2.45, 2.75) is 19.4 Å². The zero-order valence-corrected chi connectivity index (χ0v) is 11.3. The molecule has 1 aromatic carbocycles. The highest BCUT2D eigenvalue weighted by Crippen LogP contribution is 2.37. The van der Waals surface area contributed by atoms with Crippen molar-refractivity contribution in [1.29, 1.82) is 0 Å². The quantitative estimate of drug-likeness (QED) is 0.839. The van der Waals surface area contributed by atoms with Gasteiger partial charge in [-0.2, -0.15) is 0 Å². The van der Waals surface area contributed by atoms with Gasteiger partial charge >= 0.3 is 5.97 Å². The summed E-state index contributed by atoms with van der Waals surface area (Å²) in [4.78, 5) is 11.6. The van der Waals surface area contributed by atoms with Crippen LogP contribution in [0.15, 0.2) is 18.2 Å². The molecule has 2 rings (SSSR count). The molecular weight excluding hydrogens is 248 g/mol. The standard InChI is InChI=1S/C14H18O5/c1-9(13(15)17-3)14(2,16)10-4-5-11-12(8-10)19-7-6-18-11/h4-5,8-9,16H,6-7H2,1-3H3. The van der Waals surface area contributed by atoms with Crippen LogP contribution in [0.5, 0.6) is 11.5 Å². The Bertz CT molecular complexity index is 481. The minimum Gasteiger partial charge on any atom is -0.486 e. The Hall–Kier alpha value is -1.75. The van der Waals surface area contributed by atoms with Crippen LogP contribution in [-0.4, -0.2) is 31.4 Å². The molecule has 0 saturated carbocycles. The molecule has 1 N–H and O–H groups in total. The summed E-state index contributed by atoms with van der Waals surface area (Å²) in [5.41, 5.74) is -0.738. The first kappa shape index (κ1) is 13.7. The van der Waals surface area contributed by atoms with Crippen molar-refractivity contribution in [1.82, 2.24) is 0 Å². The molecule has 0 saturated heterocycles. The number of fused-ring (bicyclic) bond motifs is 1. The second kappa shape index (κ2) is 5.09. The lowest BCUT2D eigenvalue weighted by atomic mass is 9.84. The highest BCUT2D eigenvalue weighted by atomic mass is 16.6. The molecule has 0 bridgehead atoms. The predicted octanol–water partition coefficient (Wildman–Crippen LogP) is 1.47. The number of carbonyl (C=O) groups is 1. The summed E-state index contributed by atoms with van der Waals surface area (Å²) in [7, 11) is 1.30. The number of carbonyl (C=O) groups excluding carboxylic acids is 1. The fourth-order valence-corrected chi connectivity index (χ4v) is 2.01. The Labute approximate surface area is 112 Å². The molecule has 19 heavy (non-hydrogen) atoms. The van der Waals surface area contributed by atoms with E-state index in [4.69, 9.17) is 9.47 Å². The molecule has 0 aromatic heterocycles. The number of esters is 1. The molecule has 0 radical (unpaired) electrons. The summed E-state index contributed by atoms with van der Waals surface area (Å²) >= 11 is 0. The van der Waals surface area contributed by atoms with E-state index in [1.165, 1.54) is 7.11 Å². The van der Waals surface area contributed by atoms with E-state index >= 15 is 0 Å². The lowest BCUT2D eigenvalue weighted by Gasteiger charge is -2.30. The van der Waals surface area contributed by atoms with Crippen LogP contribution in [0.3, 0.4) is 0 Å². The van der Waals surface area contributed by atoms with Crippen LogP contribution in [0, 0.1) is 5.92 Å². The number of hydrogen-bond donors (Lipinski definition) is 1. The minimum absolute atomic E-state index is 0.458. The van der Waals surface area contributed by atoms with Crippen LogP contribution in [0.1, 0.15) is 19.4 Å². The normalized spacial score (nSPS) is 18.3. The second-order valence-electron chi connectivity index (χ2n) is 4.75. The first-order valence-corrected chi connectivity index (χ1v) is 6.17. The van der Waals surface area contributed by atoms with Crippen molar-refractivity contribution in [3.05, 3.63) is 23.8 Å². The van der Waals surface area contributed by atoms with Crippen molar-refractivity contribution in [2.24, 2.45) is 5.92 Å². The van der Waals surface area contributed by atoms with E-state index in [1.807, 2.05) is 0 Å². The van der Waals surface area contributed by atoms with Gasteiger partial charge < -0.3 is 19.3 Å². The lowest BCUT2D eigenvalue weighted by molar-refractivity contribution is -0.154. The van der Waals surface area contributed by atoms with Crippen LogP contribution in [-0.2, 0) is 15.1 Å². The number of methoxy groups -OCH3 is 1. The molecule has 1 heterocycles. The van der Waals surface area contributed by atoms with Crippen molar-refractivity contribution < 1.29 is 24.1 Å². The van der Waals surface area contributed by atoms with Crippen molar-refractivity contribution >= 4 is 5.97 Å². The number of ether oxygens (including phenoxy) is 3. The van der Waals surface area contributed by atoms with Gasteiger partial charge in [-0.1, -0.05) is 6.07 Å². The van der Waals surface area contributed by atoms with Crippen LogP contribution < -0.4 is 9.47 Å². The maximum Gasteiger partial charge on any atom is 0.311 e. The number of benzene rings is 1. The highest BCUT2D eigenvalue weighted by Gasteiger charge is 2.37. The van der Waals surface area contributed by atoms with E-state index in [0.717, 1.165) is 0 Å². The third kappa shape index (κ3) is 2.51. The molecule has 0 aliphatic carbocycles. The Morgan fingerprint density at radius 3 is 2.63 bits per heavy atom. The molecule has 0 fully saturated rings. The molecule has 0 amide bonds. The largest absolute Gasteiger partial charge is 0.486 e. The van der Waals surface area contributed by atoms with Gasteiger partial charge in [-0.25, -0.2) is 0 Å². The van der Waals surface area contributed by atoms with E-state index in [-0.39, 0.29) is 0 Å². The van der Waals surface area contributed by atoms with E-state index in [2.05, 4.69) is 4.74 Å². The van der Waals surface area contributed by atoms with E-state index in [9.17, 15) is 9.90 Å². The molecule has 5 nitrogen and oxygen atoms in total. The van der Waals surface area contributed by atoms with Gasteiger partial charge in [0.1, 0.15) is 13.2 Å². The summed E-state index contributed by atoms with van der Waals surface area (Å²) < 4.78 is 15.6. The zero-order chi connectivity index (χ0) is 14.0. The number of aliphatic hydroxyl groups is 1. The first-order chi connectivity index (χ1) is 8.96. The average molecular weight is 266 g/mol. The predicted molar refractivity (Wildman–Crippen MR) is 68.2 cm³/mol. The molecule has 104 valence electrons. The highest BCUT2D eigenvalue weighted by molar-refractivity contribution is 5.73. The van der Waals surface area contributed by atoms with Gasteiger partial charge in [-0.15, -0.1) is 0 Å². The maximum atomic E-state index is 11.6. The molecular formula is C14H18O5. The average Bonchev–Trinajstić information content (AvgIpc) is 2.45. The summed E-state index contributed by atoms with van der Waals surface area (Å²) in [6.45, 7) is 4.20. The summed E-state index contributed by atoms with van der Waals surface area (Å²) in [5.74, 6) is 0.0950. The minimum atomic E-state index is -1.33. The van der Waals surface area contributed by atoms with Gasteiger partial charge in [0.2, 0.25) is 0 Å². The van der Waals surface area contributed by atoms with Gasteiger partial charge in [0.15, 0.2) is 11.5 Å². The lowest BCUT2D eigenvalue weighted by Crippen LogP contribution is -2.36. The fraction of sp³-hybridized carbons (Fsp3) is 0.500. The van der Waals surface area contributed by atoms with Crippen molar-refractivity contribution in [3.63, 3.8) is 0 Å². The second-order valence-corrected chi connectivity index (χ2v) is 4.75.